The number of amides is 12. The largest absolute Gasteiger partial charge is 0.493 e. The zero-order valence-corrected chi connectivity index (χ0v) is 77.8. The van der Waals surface area contributed by atoms with E-state index < -0.39 is 216 Å². The Morgan fingerprint density at radius 1 is 0.309 bits per heavy atom. The first kappa shape index (κ1) is 106. The van der Waals surface area contributed by atoms with Gasteiger partial charge in [0.25, 0.3) is 47.3 Å². The second-order valence-corrected chi connectivity index (χ2v) is 39.0. The van der Waals surface area contributed by atoms with Crippen molar-refractivity contribution in [2.45, 2.75) is 92.8 Å². The van der Waals surface area contributed by atoms with Gasteiger partial charge in [0.2, 0.25) is 23.6 Å². The van der Waals surface area contributed by atoms with E-state index in [4.69, 9.17) is 28.4 Å². The van der Waals surface area contributed by atoms with Gasteiger partial charge in [-0.1, -0.05) is 24.3 Å². The first-order valence-electron chi connectivity index (χ1n) is 40.3. The van der Waals surface area contributed by atoms with Crippen molar-refractivity contribution in [3.05, 3.63) is 211 Å². The molecular formula is C88H88F8N8O28S4. The van der Waals surface area contributed by atoms with E-state index in [1.165, 1.54) is 88.7 Å². The summed E-state index contributed by atoms with van der Waals surface area (Å²) in [4.78, 5) is 155. The molecule has 8 aromatic rings. The van der Waals surface area contributed by atoms with Gasteiger partial charge in [0.05, 0.1) is 155 Å². The van der Waals surface area contributed by atoms with E-state index >= 15 is 0 Å². The van der Waals surface area contributed by atoms with Gasteiger partial charge in [-0.25, -0.2) is 51.2 Å². The number of rotatable bonds is 34. The van der Waals surface area contributed by atoms with Gasteiger partial charge in [-0.2, -0.15) is 17.6 Å². The van der Waals surface area contributed by atoms with Crippen LogP contribution in [0.4, 0.5) is 57.9 Å². The van der Waals surface area contributed by atoms with E-state index in [0.29, 0.717) is 57.1 Å². The lowest BCUT2D eigenvalue weighted by atomic mass is 10.1. The molecule has 4 aliphatic heterocycles. The molecule has 0 aromatic heterocycles. The Morgan fingerprint density at radius 2 is 0.544 bits per heavy atom. The number of ether oxygens (including phenoxy) is 8. The number of sulfone groups is 4. The van der Waals surface area contributed by atoms with Gasteiger partial charge in [0.15, 0.2) is 46.0 Å². The average Bonchev–Trinajstić information content (AvgIpc) is 1.59. The summed E-state index contributed by atoms with van der Waals surface area (Å²) in [7, 11) is -12.2. The van der Waals surface area contributed by atoms with E-state index in [9.17, 15) is 126 Å². The normalized spacial score (nSPS) is 14.2. The Hall–Kier alpha value is -14.2. The Bertz CT molecular complexity index is 6260. The number of nitrogens with one attached hydrogen (secondary N) is 4. The van der Waals surface area contributed by atoms with Crippen molar-refractivity contribution < 1.29 is 164 Å². The quantitative estimate of drug-likeness (QED) is 0.0215. The minimum atomic E-state index is -3.84. The van der Waals surface area contributed by atoms with E-state index in [0.717, 1.165) is 109 Å². The smallest absolute Gasteiger partial charge is 0.387 e. The zero-order chi connectivity index (χ0) is 101. The van der Waals surface area contributed by atoms with Crippen LogP contribution in [-0.4, -0.2) is 226 Å². The number of halogens is 8. The predicted molar refractivity (Wildman–Crippen MR) is 471 cm³/mol. The third kappa shape index (κ3) is 25.1. The lowest BCUT2D eigenvalue weighted by Crippen LogP contribution is -2.38. The Morgan fingerprint density at radius 3 is 0.787 bits per heavy atom. The van der Waals surface area contributed by atoms with Crippen LogP contribution in [0.3, 0.4) is 0 Å². The molecule has 136 heavy (non-hydrogen) atoms. The minimum Gasteiger partial charge on any atom is -0.493 e. The van der Waals surface area contributed by atoms with Gasteiger partial charge >= 0.3 is 13.2 Å². The maximum atomic E-state index is 14.6. The van der Waals surface area contributed by atoms with Crippen molar-refractivity contribution >= 4 is 133 Å². The second-order valence-electron chi connectivity index (χ2n) is 30.2. The number of fused-ring (bicyclic) bond motifs is 4. The molecule has 48 heteroatoms. The Kier molecular flexibility index (Phi) is 33.7. The summed E-state index contributed by atoms with van der Waals surface area (Å²) in [5.74, 6) is -16.1. The van der Waals surface area contributed by atoms with Crippen molar-refractivity contribution in [1.29, 1.82) is 0 Å². The number of carbonyl (C=O) groups excluding carboxylic acids is 12. The molecule has 0 saturated carbocycles. The SMILES string of the molecule is CCOc1cc(C(CS(C)(=O)=O)N2C(=O)c3c(F)ccc(NC(C)=O)c3C2=O)ccc1OC(F)F.CCOc1cc(C(CS(C)(=O)=O)N2C(=O)c3cc(F)cc(NC(C)=O)c3C2=O)ccc1OC.CCOc1cc([C@@H](CS(C)(=O)=O)N2C(=O)c3c(F)ccc(NC(C)=O)c3C2=O)ccc1OC(F)F.CCOc1cc([C@@H](CS(C)(=O)=O)N2C(=O)c3cc(F)cc(NC(C)=O)c3C2=O)ccc1OC. The summed E-state index contributed by atoms with van der Waals surface area (Å²) in [5, 5.41) is 9.41. The molecule has 4 atom stereocenters. The summed E-state index contributed by atoms with van der Waals surface area (Å²) < 4.78 is 247. The molecule has 8 aromatic carbocycles. The van der Waals surface area contributed by atoms with Crippen LogP contribution in [0.5, 0.6) is 46.0 Å². The Balaban J connectivity index is 0.000000203. The van der Waals surface area contributed by atoms with Crippen LogP contribution in [-0.2, 0) is 58.5 Å². The number of hydrogen-bond donors (Lipinski definition) is 4. The van der Waals surface area contributed by atoms with Crippen molar-refractivity contribution in [3.8, 4) is 46.0 Å². The van der Waals surface area contributed by atoms with E-state index in [-0.39, 0.29) is 92.3 Å². The molecule has 4 aliphatic rings. The van der Waals surface area contributed by atoms with Crippen molar-refractivity contribution in [1.82, 2.24) is 19.6 Å². The molecular weight excluding hydrogens is 1900 g/mol. The summed E-state index contributed by atoms with van der Waals surface area (Å²) in [6.45, 7) is 5.64. The molecule has 0 aliphatic carbocycles. The molecule has 0 saturated heterocycles. The third-order valence-electron chi connectivity index (χ3n) is 19.8. The lowest BCUT2D eigenvalue weighted by Gasteiger charge is -2.27. The zero-order valence-electron chi connectivity index (χ0n) is 74.5. The maximum Gasteiger partial charge on any atom is 0.387 e. The van der Waals surface area contributed by atoms with Gasteiger partial charge in [-0.05, 0) is 147 Å². The fraction of sp³-hybridized carbons (Fsp3) is 0.318. The molecule has 36 nitrogen and oxygen atoms in total. The monoisotopic (exact) mass is 1980 g/mol. The van der Waals surface area contributed by atoms with Gasteiger partial charge in [0.1, 0.15) is 62.6 Å². The van der Waals surface area contributed by atoms with Crippen molar-refractivity contribution in [2.24, 2.45) is 0 Å². The summed E-state index contributed by atoms with van der Waals surface area (Å²) in [6, 6.07) is 18.3. The maximum absolute atomic E-state index is 14.6. The van der Waals surface area contributed by atoms with Crippen LogP contribution >= 0.6 is 0 Å². The average molecular weight is 1990 g/mol. The first-order valence-corrected chi connectivity index (χ1v) is 48.5. The second kappa shape index (κ2) is 43.5. The molecule has 2 unspecified atom stereocenters. The van der Waals surface area contributed by atoms with E-state index in [1.807, 2.05) is 0 Å². The number of benzene rings is 8. The number of carbonyl (C=O) groups is 12. The predicted octanol–water partition coefficient (Wildman–Crippen LogP) is 11.5. The highest BCUT2D eigenvalue weighted by Crippen LogP contribution is 2.46. The van der Waals surface area contributed by atoms with Crippen molar-refractivity contribution in [2.75, 3.05) is 110 Å². The molecule has 0 radical (unpaired) electrons. The van der Waals surface area contributed by atoms with Crippen LogP contribution in [0.15, 0.2) is 121 Å². The van der Waals surface area contributed by atoms with Crippen LogP contribution in [0.1, 0.15) is 185 Å². The van der Waals surface area contributed by atoms with Crippen LogP contribution in [0, 0.1) is 23.3 Å². The van der Waals surface area contributed by atoms with Gasteiger partial charge < -0.3 is 59.2 Å². The number of alkyl halides is 4. The van der Waals surface area contributed by atoms with Gasteiger partial charge in [0, 0.05) is 52.7 Å². The minimum absolute atomic E-state index is 0.0384. The number of nitrogens with zero attached hydrogens (tertiary/aromatic N) is 4. The van der Waals surface area contributed by atoms with Crippen LogP contribution in [0.25, 0.3) is 0 Å². The first-order chi connectivity index (χ1) is 63.6. The molecule has 12 rings (SSSR count). The number of methoxy groups -OCH3 is 2. The highest BCUT2D eigenvalue weighted by Gasteiger charge is 2.50. The van der Waals surface area contributed by atoms with Gasteiger partial charge in [-0.3, -0.25) is 77.1 Å². The van der Waals surface area contributed by atoms with Crippen molar-refractivity contribution in [3.63, 3.8) is 0 Å². The molecule has 4 N–H and O–H groups in total. The standard InChI is InChI=1S/2C22H21F3N2O7S.2C22H23FN2O7S/c2*1-4-33-17-9-12(5-8-16(17)34-22(24)25)15(10-35(3,31)32)27-20(29)18-13(23)6-7-14(26-11(2)28)19(18)21(27)30;2*1-5-32-19-8-13(6-7-18(19)31-3)17(11-33(4,29)30)25-21(27)15-9-14(23)10-16(24-12(2)26)20(15)22(25)28/h2*5-9,15,22H,4,10H2,1-3H3,(H,26,28);2*6-10,17H,5,11H2,1-4H3,(H,24,26)/t15-;;17-;/m1.1./s1. The molecule has 0 spiro atoms. The van der Waals surface area contributed by atoms with E-state index in [1.54, 1.807) is 27.7 Å². The van der Waals surface area contributed by atoms with Crippen LogP contribution in [0.2, 0.25) is 0 Å². The van der Waals surface area contributed by atoms with Gasteiger partial charge in [-0.15, -0.1) is 0 Å². The topological polar surface area (TPSA) is 476 Å². The molecule has 0 fully saturated rings. The number of imide groups is 4. The fourth-order valence-corrected chi connectivity index (χ4v) is 18.5. The summed E-state index contributed by atoms with van der Waals surface area (Å²) >= 11 is 0. The molecule has 0 bridgehead atoms. The number of hydrogen-bond acceptors (Lipinski definition) is 28. The molecule has 728 valence electrons. The summed E-state index contributed by atoms with van der Waals surface area (Å²) in [6.07, 6.45) is 3.71. The molecule has 4 heterocycles. The third-order valence-corrected chi connectivity index (χ3v) is 23.5. The molecule has 12 amide bonds. The summed E-state index contributed by atoms with van der Waals surface area (Å²) in [5.41, 5.74) is -2.91. The Labute approximate surface area is 772 Å². The fourth-order valence-electron chi connectivity index (χ4n) is 14.8. The van der Waals surface area contributed by atoms with Crippen LogP contribution < -0.4 is 59.2 Å². The number of anilines is 4. The van der Waals surface area contributed by atoms with E-state index in [2.05, 4.69) is 30.7 Å². The lowest BCUT2D eigenvalue weighted by molar-refractivity contribution is -0.115. The highest BCUT2D eigenvalue weighted by molar-refractivity contribution is 7.91. The highest BCUT2D eigenvalue weighted by atomic mass is 32.2.